The van der Waals surface area contributed by atoms with E-state index in [0.717, 1.165) is 57.4 Å². The molecule has 0 aromatic carbocycles. The Morgan fingerprint density at radius 3 is 3.00 bits per heavy atom. The van der Waals surface area contributed by atoms with Gasteiger partial charge in [-0.05, 0) is 12.8 Å². The van der Waals surface area contributed by atoms with Crippen molar-refractivity contribution in [3.63, 3.8) is 0 Å². The number of nitrogens with zero attached hydrogens (tertiary/aromatic N) is 2. The maximum absolute atomic E-state index is 11.8. The van der Waals surface area contributed by atoms with Crippen LogP contribution in [-0.2, 0) is 4.74 Å². The molecule has 1 aromatic rings. The summed E-state index contributed by atoms with van der Waals surface area (Å²) in [5.41, 5.74) is 0. The average molecular weight is 296 g/mol. The highest BCUT2D eigenvalue weighted by Gasteiger charge is 2.24. The molecule has 20 heavy (non-hydrogen) atoms. The van der Waals surface area contributed by atoms with Crippen molar-refractivity contribution in [1.29, 1.82) is 0 Å². The number of ether oxygens (including phenoxy) is 1. The van der Waals surface area contributed by atoms with Crippen molar-refractivity contribution in [2.24, 2.45) is 0 Å². The van der Waals surface area contributed by atoms with E-state index in [1.54, 1.807) is 6.20 Å². The molecule has 3 rings (SSSR count). The quantitative estimate of drug-likeness (QED) is 0.812. The van der Waals surface area contributed by atoms with Gasteiger partial charge in [-0.1, -0.05) is 11.3 Å². The van der Waals surface area contributed by atoms with Gasteiger partial charge < -0.3 is 15.4 Å². The second kappa shape index (κ2) is 6.51. The highest BCUT2D eigenvalue weighted by Crippen LogP contribution is 2.22. The van der Waals surface area contributed by atoms with E-state index in [4.69, 9.17) is 4.74 Å². The molecule has 0 unspecified atom stereocenters. The minimum atomic E-state index is 0.00577. The first-order chi connectivity index (χ1) is 9.81. The summed E-state index contributed by atoms with van der Waals surface area (Å²) in [6, 6.07) is 0.391. The Hall–Kier alpha value is -1.18. The molecule has 7 heteroatoms. The fourth-order valence-electron chi connectivity index (χ4n) is 2.09. The van der Waals surface area contributed by atoms with Crippen molar-refractivity contribution in [2.75, 3.05) is 44.7 Å². The van der Waals surface area contributed by atoms with Gasteiger partial charge in [-0.3, -0.25) is 9.69 Å². The zero-order valence-corrected chi connectivity index (χ0v) is 12.2. The van der Waals surface area contributed by atoms with Gasteiger partial charge in [0, 0.05) is 32.2 Å². The number of anilines is 1. The number of carbonyl (C=O) groups is 1. The van der Waals surface area contributed by atoms with Gasteiger partial charge in [0.1, 0.15) is 4.88 Å². The number of carbonyl (C=O) groups excluding carboxylic acids is 1. The molecule has 0 atom stereocenters. The maximum atomic E-state index is 11.8. The minimum absolute atomic E-state index is 0.00577. The Kier molecular flexibility index (Phi) is 4.49. The summed E-state index contributed by atoms with van der Waals surface area (Å²) in [5, 5.41) is 7.07. The van der Waals surface area contributed by atoms with Crippen LogP contribution in [0.1, 0.15) is 22.5 Å². The van der Waals surface area contributed by atoms with Gasteiger partial charge in [-0.25, -0.2) is 4.98 Å². The molecule has 2 heterocycles. The van der Waals surface area contributed by atoms with Gasteiger partial charge in [0.05, 0.1) is 19.4 Å². The first-order valence-electron chi connectivity index (χ1n) is 7.12. The monoisotopic (exact) mass is 296 g/mol. The zero-order valence-electron chi connectivity index (χ0n) is 11.4. The lowest BCUT2D eigenvalue weighted by atomic mass is 10.4. The van der Waals surface area contributed by atoms with E-state index in [-0.39, 0.29) is 5.91 Å². The molecule has 0 bridgehead atoms. The highest BCUT2D eigenvalue weighted by atomic mass is 32.1. The number of rotatable bonds is 6. The summed E-state index contributed by atoms with van der Waals surface area (Å²) >= 11 is 1.42. The van der Waals surface area contributed by atoms with Crippen LogP contribution in [0.2, 0.25) is 0 Å². The lowest BCUT2D eigenvalue weighted by molar-refractivity contribution is 0.0398. The number of hydrogen-bond donors (Lipinski definition) is 2. The van der Waals surface area contributed by atoms with E-state index in [9.17, 15) is 4.79 Å². The first kappa shape index (κ1) is 13.8. The molecule has 0 radical (unpaired) electrons. The van der Waals surface area contributed by atoms with Crippen molar-refractivity contribution in [3.05, 3.63) is 11.1 Å². The van der Waals surface area contributed by atoms with Gasteiger partial charge in [0.25, 0.3) is 5.91 Å². The molecule has 2 fully saturated rings. The van der Waals surface area contributed by atoms with Crippen molar-refractivity contribution < 1.29 is 9.53 Å². The Balaban J connectivity index is 1.41. The topological polar surface area (TPSA) is 66.5 Å². The zero-order chi connectivity index (χ0) is 13.8. The van der Waals surface area contributed by atoms with Crippen LogP contribution in [0.5, 0.6) is 0 Å². The summed E-state index contributed by atoms with van der Waals surface area (Å²) in [7, 11) is 0. The number of aromatic nitrogens is 1. The third-order valence-electron chi connectivity index (χ3n) is 3.45. The molecule has 1 amide bonds. The van der Waals surface area contributed by atoms with Crippen LogP contribution >= 0.6 is 11.3 Å². The summed E-state index contributed by atoms with van der Waals surface area (Å²) in [4.78, 5) is 19.1. The Morgan fingerprint density at radius 1 is 1.45 bits per heavy atom. The molecule has 1 aromatic heterocycles. The van der Waals surface area contributed by atoms with Gasteiger partial charge in [-0.15, -0.1) is 0 Å². The van der Waals surface area contributed by atoms with Crippen LogP contribution in [0.4, 0.5) is 5.13 Å². The number of amides is 1. The normalized spacial score (nSPS) is 19.8. The van der Waals surface area contributed by atoms with E-state index in [0.29, 0.717) is 10.9 Å². The van der Waals surface area contributed by atoms with E-state index in [1.807, 2.05) is 0 Å². The van der Waals surface area contributed by atoms with Crippen LogP contribution in [0.15, 0.2) is 6.20 Å². The van der Waals surface area contributed by atoms with Crippen molar-refractivity contribution in [2.45, 2.75) is 18.9 Å². The van der Waals surface area contributed by atoms with Gasteiger partial charge in [0.15, 0.2) is 5.13 Å². The molecule has 1 saturated carbocycles. The van der Waals surface area contributed by atoms with E-state index >= 15 is 0 Å². The van der Waals surface area contributed by atoms with Crippen molar-refractivity contribution in [3.8, 4) is 0 Å². The second-order valence-electron chi connectivity index (χ2n) is 5.16. The fraction of sp³-hybridized carbons (Fsp3) is 0.692. The molecular formula is C13H20N4O2S. The Morgan fingerprint density at radius 2 is 2.25 bits per heavy atom. The lowest BCUT2D eigenvalue weighted by Gasteiger charge is -2.26. The lowest BCUT2D eigenvalue weighted by Crippen LogP contribution is -2.38. The number of thiazole rings is 1. The second-order valence-corrected chi connectivity index (χ2v) is 6.19. The SMILES string of the molecule is O=C(NC1CC1)c1cnc(NCCN2CCOCC2)s1. The van der Waals surface area contributed by atoms with Crippen LogP contribution in [0.3, 0.4) is 0 Å². The maximum Gasteiger partial charge on any atom is 0.263 e. The number of hydrogen-bond acceptors (Lipinski definition) is 6. The molecular weight excluding hydrogens is 276 g/mol. The summed E-state index contributed by atoms with van der Waals surface area (Å²) in [6.45, 7) is 5.46. The van der Waals surface area contributed by atoms with Gasteiger partial charge >= 0.3 is 0 Å². The Labute approximate surface area is 122 Å². The number of nitrogens with one attached hydrogen (secondary N) is 2. The predicted octanol–water partition coefficient (Wildman–Crippen LogP) is 0.779. The van der Waals surface area contributed by atoms with Crippen LogP contribution in [0.25, 0.3) is 0 Å². The van der Waals surface area contributed by atoms with Crippen LogP contribution in [0, 0.1) is 0 Å². The first-order valence-corrected chi connectivity index (χ1v) is 7.93. The van der Waals surface area contributed by atoms with Crippen molar-refractivity contribution >= 4 is 22.4 Å². The van der Waals surface area contributed by atoms with E-state index in [1.165, 1.54) is 11.3 Å². The largest absolute Gasteiger partial charge is 0.379 e. The van der Waals surface area contributed by atoms with Crippen LogP contribution in [-0.4, -0.2) is 61.2 Å². The third kappa shape index (κ3) is 3.91. The van der Waals surface area contributed by atoms with Crippen LogP contribution < -0.4 is 10.6 Å². The van der Waals surface area contributed by atoms with E-state index in [2.05, 4.69) is 20.5 Å². The molecule has 2 N–H and O–H groups in total. The summed E-state index contributed by atoms with van der Waals surface area (Å²) in [6.07, 6.45) is 3.86. The molecule has 1 aliphatic heterocycles. The third-order valence-corrected chi connectivity index (χ3v) is 4.40. The number of morpholine rings is 1. The summed E-state index contributed by atoms with van der Waals surface area (Å²) in [5.74, 6) is 0.00577. The molecule has 2 aliphatic rings. The minimum Gasteiger partial charge on any atom is -0.379 e. The summed E-state index contributed by atoms with van der Waals surface area (Å²) < 4.78 is 5.31. The molecule has 110 valence electrons. The fourth-order valence-corrected chi connectivity index (χ4v) is 2.84. The average Bonchev–Trinajstić information content (AvgIpc) is 3.15. The molecule has 6 nitrogen and oxygen atoms in total. The van der Waals surface area contributed by atoms with E-state index < -0.39 is 0 Å². The van der Waals surface area contributed by atoms with Gasteiger partial charge in [0.2, 0.25) is 0 Å². The molecule has 0 spiro atoms. The highest BCUT2D eigenvalue weighted by molar-refractivity contribution is 7.17. The molecule has 1 saturated heterocycles. The Bertz CT molecular complexity index is 455. The van der Waals surface area contributed by atoms with Crippen molar-refractivity contribution in [1.82, 2.24) is 15.2 Å². The van der Waals surface area contributed by atoms with Gasteiger partial charge in [-0.2, -0.15) is 0 Å². The standard InChI is InChI=1S/C13H20N4O2S/c18-12(16-10-1-2-10)11-9-15-13(20-11)14-3-4-17-5-7-19-8-6-17/h9-10H,1-8H2,(H,14,15)(H,16,18). The predicted molar refractivity (Wildman–Crippen MR) is 78.4 cm³/mol. The smallest absolute Gasteiger partial charge is 0.263 e. The molecule has 1 aliphatic carbocycles.